The number of benzene rings is 1. The maximum atomic E-state index is 12.7. The topological polar surface area (TPSA) is 54.4 Å². The normalized spacial score (nSPS) is 12.2. The van der Waals surface area contributed by atoms with Crippen LogP contribution in [0.3, 0.4) is 0 Å². The van der Waals surface area contributed by atoms with Gasteiger partial charge >= 0.3 is 5.97 Å². The highest BCUT2D eigenvalue weighted by Gasteiger charge is 2.25. The first kappa shape index (κ1) is 12.2. The monoisotopic (exact) mass is 232 g/mol. The number of aliphatic carboxylic acids is 1. The molecule has 3 nitrogen and oxygen atoms in total. The second kappa shape index (κ2) is 4.78. The number of ketones is 1. The SMILES string of the molecule is O=C(O)C(F)C(=O)Cc1ccc(F)c(F)c1. The lowest BCUT2D eigenvalue weighted by Crippen LogP contribution is -2.26. The van der Waals surface area contributed by atoms with E-state index in [1.165, 1.54) is 0 Å². The smallest absolute Gasteiger partial charge is 0.346 e. The summed E-state index contributed by atoms with van der Waals surface area (Å²) < 4.78 is 37.9. The molecule has 0 radical (unpaired) electrons. The van der Waals surface area contributed by atoms with Gasteiger partial charge in [-0.15, -0.1) is 0 Å². The second-order valence-electron chi connectivity index (χ2n) is 3.09. The van der Waals surface area contributed by atoms with Crippen molar-refractivity contribution in [3.05, 3.63) is 35.4 Å². The highest BCUT2D eigenvalue weighted by molar-refractivity contribution is 6.01. The lowest BCUT2D eigenvalue weighted by atomic mass is 10.1. The molecule has 0 heterocycles. The minimum Gasteiger partial charge on any atom is -0.479 e. The number of hydrogen-bond donors (Lipinski definition) is 1. The molecule has 86 valence electrons. The van der Waals surface area contributed by atoms with Crippen molar-refractivity contribution in [2.24, 2.45) is 0 Å². The van der Waals surface area contributed by atoms with Crippen molar-refractivity contribution in [3.63, 3.8) is 0 Å². The Labute approximate surface area is 88.5 Å². The third-order valence-corrected chi connectivity index (χ3v) is 1.86. The predicted molar refractivity (Wildman–Crippen MR) is 47.6 cm³/mol. The van der Waals surface area contributed by atoms with E-state index in [-0.39, 0.29) is 5.56 Å². The molecule has 16 heavy (non-hydrogen) atoms. The summed E-state index contributed by atoms with van der Waals surface area (Å²) in [4.78, 5) is 21.1. The van der Waals surface area contributed by atoms with Crippen LogP contribution in [0.15, 0.2) is 18.2 Å². The fourth-order valence-electron chi connectivity index (χ4n) is 1.08. The number of carboxylic acids is 1. The van der Waals surface area contributed by atoms with Gasteiger partial charge < -0.3 is 5.11 Å². The van der Waals surface area contributed by atoms with Gasteiger partial charge in [-0.25, -0.2) is 18.0 Å². The molecule has 0 aromatic heterocycles. The molecule has 0 aliphatic heterocycles. The molecule has 1 aromatic carbocycles. The zero-order valence-corrected chi connectivity index (χ0v) is 7.91. The van der Waals surface area contributed by atoms with Gasteiger partial charge in [0.15, 0.2) is 17.4 Å². The van der Waals surface area contributed by atoms with Gasteiger partial charge in [0.1, 0.15) is 0 Å². The number of rotatable bonds is 4. The van der Waals surface area contributed by atoms with Gasteiger partial charge in [-0.3, -0.25) is 4.79 Å². The Hall–Kier alpha value is -1.85. The largest absolute Gasteiger partial charge is 0.479 e. The van der Waals surface area contributed by atoms with E-state index in [4.69, 9.17) is 5.11 Å². The van der Waals surface area contributed by atoms with Crippen molar-refractivity contribution in [1.82, 2.24) is 0 Å². The second-order valence-corrected chi connectivity index (χ2v) is 3.09. The Morgan fingerprint density at radius 1 is 1.25 bits per heavy atom. The van der Waals surface area contributed by atoms with Crippen LogP contribution < -0.4 is 0 Å². The summed E-state index contributed by atoms with van der Waals surface area (Å²) >= 11 is 0. The fourth-order valence-corrected chi connectivity index (χ4v) is 1.08. The van der Waals surface area contributed by atoms with E-state index < -0.39 is 36.0 Å². The van der Waals surface area contributed by atoms with Crippen molar-refractivity contribution in [3.8, 4) is 0 Å². The summed E-state index contributed by atoms with van der Waals surface area (Å²) in [7, 11) is 0. The Morgan fingerprint density at radius 3 is 2.38 bits per heavy atom. The van der Waals surface area contributed by atoms with Crippen LogP contribution in [0.4, 0.5) is 13.2 Å². The van der Waals surface area contributed by atoms with E-state index >= 15 is 0 Å². The van der Waals surface area contributed by atoms with E-state index in [0.717, 1.165) is 18.2 Å². The fraction of sp³-hybridized carbons (Fsp3) is 0.200. The Bertz CT molecular complexity index is 431. The molecule has 1 N–H and O–H groups in total. The molecule has 1 atom stereocenters. The van der Waals surface area contributed by atoms with Crippen LogP contribution in [-0.2, 0) is 16.0 Å². The third-order valence-electron chi connectivity index (χ3n) is 1.86. The van der Waals surface area contributed by atoms with Gasteiger partial charge in [-0.1, -0.05) is 6.07 Å². The van der Waals surface area contributed by atoms with Crippen LogP contribution in [0.25, 0.3) is 0 Å². The molecular formula is C10H7F3O3. The highest BCUT2D eigenvalue weighted by Crippen LogP contribution is 2.10. The van der Waals surface area contributed by atoms with Crippen molar-refractivity contribution >= 4 is 11.8 Å². The van der Waals surface area contributed by atoms with Gasteiger partial charge in [-0.2, -0.15) is 0 Å². The van der Waals surface area contributed by atoms with Gasteiger partial charge in [0.05, 0.1) is 0 Å². The van der Waals surface area contributed by atoms with E-state index in [1.807, 2.05) is 0 Å². The van der Waals surface area contributed by atoms with E-state index in [1.54, 1.807) is 0 Å². The van der Waals surface area contributed by atoms with Crippen molar-refractivity contribution < 1.29 is 27.9 Å². The summed E-state index contributed by atoms with van der Waals surface area (Å²) in [5.41, 5.74) is 0.0211. The van der Waals surface area contributed by atoms with Crippen LogP contribution >= 0.6 is 0 Å². The molecule has 0 aliphatic carbocycles. The lowest BCUT2D eigenvalue weighted by Gasteiger charge is -2.03. The number of carboxylic acid groups (broad SMARTS) is 1. The average molecular weight is 232 g/mol. The molecule has 0 spiro atoms. The summed E-state index contributed by atoms with van der Waals surface area (Å²) in [6, 6.07) is 2.60. The first-order valence-corrected chi connectivity index (χ1v) is 4.25. The van der Waals surface area contributed by atoms with E-state index in [2.05, 4.69) is 0 Å². The standard InChI is InChI=1S/C10H7F3O3/c11-6-2-1-5(3-7(6)12)4-8(14)9(13)10(15)16/h1-3,9H,4H2,(H,15,16). The minimum atomic E-state index is -2.65. The van der Waals surface area contributed by atoms with Crippen molar-refractivity contribution in [2.45, 2.75) is 12.6 Å². The summed E-state index contributed by atoms with van der Waals surface area (Å²) in [5, 5.41) is 8.20. The molecule has 0 aliphatic rings. The summed E-state index contributed by atoms with van der Waals surface area (Å²) in [6.07, 6.45) is -3.24. The van der Waals surface area contributed by atoms with Crippen LogP contribution in [-0.4, -0.2) is 23.0 Å². The number of Topliss-reactive ketones (excluding diaryl/α,β-unsaturated/α-hetero) is 1. The first-order chi connectivity index (χ1) is 7.41. The van der Waals surface area contributed by atoms with Crippen LogP contribution in [0, 0.1) is 11.6 Å². The Morgan fingerprint density at radius 2 is 1.88 bits per heavy atom. The number of carbonyl (C=O) groups excluding carboxylic acids is 1. The number of carbonyl (C=O) groups is 2. The minimum absolute atomic E-state index is 0.0211. The first-order valence-electron chi connectivity index (χ1n) is 4.25. The Kier molecular flexibility index (Phi) is 3.65. The molecule has 6 heteroatoms. The average Bonchev–Trinajstić information content (AvgIpc) is 2.22. The molecular weight excluding hydrogens is 225 g/mol. The number of alkyl halides is 1. The summed E-state index contributed by atoms with van der Waals surface area (Å²) in [6.45, 7) is 0. The molecule has 0 fully saturated rings. The molecule has 1 rings (SSSR count). The molecule has 0 amide bonds. The zero-order valence-electron chi connectivity index (χ0n) is 7.91. The maximum Gasteiger partial charge on any atom is 0.346 e. The van der Waals surface area contributed by atoms with Gasteiger partial charge in [-0.05, 0) is 17.7 Å². The van der Waals surface area contributed by atoms with E-state index in [9.17, 15) is 22.8 Å². The molecule has 1 unspecified atom stereocenters. The number of halogens is 3. The molecule has 1 aromatic rings. The van der Waals surface area contributed by atoms with Gasteiger partial charge in [0.25, 0.3) is 6.17 Å². The third kappa shape index (κ3) is 2.82. The zero-order chi connectivity index (χ0) is 12.3. The predicted octanol–water partition coefficient (Wildman–Crippen LogP) is 1.50. The van der Waals surface area contributed by atoms with Crippen molar-refractivity contribution in [2.75, 3.05) is 0 Å². The molecule has 0 saturated heterocycles. The van der Waals surface area contributed by atoms with Crippen molar-refractivity contribution in [1.29, 1.82) is 0 Å². The van der Waals surface area contributed by atoms with Crippen LogP contribution in [0.1, 0.15) is 5.56 Å². The quantitative estimate of drug-likeness (QED) is 0.800. The number of hydrogen-bond acceptors (Lipinski definition) is 2. The van der Waals surface area contributed by atoms with E-state index in [0.29, 0.717) is 0 Å². The Balaban J connectivity index is 2.77. The van der Waals surface area contributed by atoms with Gasteiger partial charge in [0, 0.05) is 6.42 Å². The molecule has 0 bridgehead atoms. The maximum absolute atomic E-state index is 12.7. The lowest BCUT2D eigenvalue weighted by molar-refractivity contribution is -0.147. The van der Waals surface area contributed by atoms with Crippen LogP contribution in [0.5, 0.6) is 0 Å². The summed E-state index contributed by atoms with van der Waals surface area (Å²) in [5.74, 6) is -5.37. The highest BCUT2D eigenvalue weighted by atomic mass is 19.2. The molecule has 0 saturated carbocycles. The van der Waals surface area contributed by atoms with Crippen LogP contribution in [0.2, 0.25) is 0 Å². The van der Waals surface area contributed by atoms with Gasteiger partial charge in [0.2, 0.25) is 0 Å².